The summed E-state index contributed by atoms with van der Waals surface area (Å²) in [7, 11) is 0. The molecule has 0 spiro atoms. The molecule has 5 heteroatoms. The molecule has 1 saturated heterocycles. The van der Waals surface area contributed by atoms with E-state index in [1.165, 1.54) is 15.4 Å². The van der Waals surface area contributed by atoms with Crippen LogP contribution in [0.1, 0.15) is 22.3 Å². The van der Waals surface area contributed by atoms with Crippen LogP contribution in [0.15, 0.2) is 87.5 Å². The van der Waals surface area contributed by atoms with E-state index in [1.807, 2.05) is 55.5 Å². The third kappa shape index (κ3) is 4.86. The summed E-state index contributed by atoms with van der Waals surface area (Å²) >= 11 is 2.70. The Morgan fingerprint density at radius 3 is 1.93 bits per heavy atom. The maximum absolute atomic E-state index is 12.7. The highest BCUT2D eigenvalue weighted by Crippen LogP contribution is 2.34. The predicted octanol–water partition coefficient (Wildman–Crippen LogP) is 6.69. The lowest BCUT2D eigenvalue weighted by Gasteiger charge is -2.12. The molecule has 30 heavy (non-hydrogen) atoms. The Hall–Kier alpha value is -2.76. The lowest BCUT2D eigenvalue weighted by atomic mass is 10.1. The van der Waals surface area contributed by atoms with E-state index in [9.17, 15) is 9.59 Å². The van der Waals surface area contributed by atoms with Crippen LogP contribution in [-0.4, -0.2) is 16.0 Å². The van der Waals surface area contributed by atoms with Gasteiger partial charge in [0, 0.05) is 9.79 Å². The number of hydrogen-bond acceptors (Lipinski definition) is 4. The van der Waals surface area contributed by atoms with Crippen LogP contribution >= 0.6 is 23.5 Å². The Morgan fingerprint density at radius 2 is 1.33 bits per heavy atom. The van der Waals surface area contributed by atoms with Gasteiger partial charge >= 0.3 is 0 Å². The highest BCUT2D eigenvalue weighted by atomic mass is 32.2. The molecule has 0 bridgehead atoms. The maximum atomic E-state index is 12.7. The van der Waals surface area contributed by atoms with E-state index >= 15 is 0 Å². The summed E-state index contributed by atoms with van der Waals surface area (Å²) in [6.45, 7) is 4.39. The molecule has 0 aromatic heterocycles. The van der Waals surface area contributed by atoms with Crippen molar-refractivity contribution in [3.63, 3.8) is 0 Å². The van der Waals surface area contributed by atoms with E-state index in [0.29, 0.717) is 11.4 Å². The summed E-state index contributed by atoms with van der Waals surface area (Å²) < 4.78 is 0. The van der Waals surface area contributed by atoms with E-state index in [1.54, 1.807) is 17.8 Å². The molecule has 0 atom stereocenters. The standard InChI is InChI=1S/C25H21NO2S2/c1-17-3-7-20(8-4-17)16-26-24(27)23(30-25(26)28)15-19-9-13-22(14-10-19)29-21-11-5-18(2)6-12-21/h3-15H,16H2,1-2H3/b23-15-. The van der Waals surface area contributed by atoms with Crippen LogP contribution in [0.25, 0.3) is 6.08 Å². The normalized spacial score (nSPS) is 15.3. The molecule has 1 aliphatic heterocycles. The van der Waals surface area contributed by atoms with Crippen molar-refractivity contribution in [3.05, 3.63) is 100.0 Å². The lowest BCUT2D eigenvalue weighted by Crippen LogP contribution is -2.27. The van der Waals surface area contributed by atoms with Crippen molar-refractivity contribution >= 4 is 40.7 Å². The summed E-state index contributed by atoms with van der Waals surface area (Å²) in [5.74, 6) is -0.233. The van der Waals surface area contributed by atoms with Crippen LogP contribution in [0, 0.1) is 13.8 Å². The Kier molecular flexibility index (Phi) is 6.11. The fourth-order valence-electron chi connectivity index (χ4n) is 3.04. The molecule has 3 aromatic carbocycles. The Balaban J connectivity index is 1.45. The highest BCUT2D eigenvalue weighted by molar-refractivity contribution is 8.18. The average molecular weight is 432 g/mol. The largest absolute Gasteiger partial charge is 0.293 e. The zero-order valence-corrected chi connectivity index (χ0v) is 18.4. The highest BCUT2D eigenvalue weighted by Gasteiger charge is 2.34. The first kappa shape index (κ1) is 20.5. The van der Waals surface area contributed by atoms with Crippen LogP contribution in [0.5, 0.6) is 0 Å². The van der Waals surface area contributed by atoms with Gasteiger partial charge in [0.05, 0.1) is 11.4 Å². The molecule has 0 aliphatic carbocycles. The second-order valence-corrected chi connectivity index (χ2v) is 9.38. The molecule has 3 nitrogen and oxygen atoms in total. The molecule has 2 amide bonds. The topological polar surface area (TPSA) is 37.4 Å². The molecule has 4 rings (SSSR count). The van der Waals surface area contributed by atoms with E-state index in [-0.39, 0.29) is 11.1 Å². The summed E-state index contributed by atoms with van der Waals surface area (Å²) in [4.78, 5) is 29.2. The molecule has 0 radical (unpaired) electrons. The molecule has 1 aliphatic rings. The fourth-order valence-corrected chi connectivity index (χ4v) is 4.69. The number of thioether (sulfide) groups is 1. The van der Waals surface area contributed by atoms with Crippen molar-refractivity contribution in [3.8, 4) is 0 Å². The van der Waals surface area contributed by atoms with Crippen molar-refractivity contribution in [2.75, 3.05) is 0 Å². The maximum Gasteiger partial charge on any atom is 0.293 e. The second kappa shape index (κ2) is 8.94. The minimum atomic E-state index is -0.233. The monoisotopic (exact) mass is 431 g/mol. The van der Waals surface area contributed by atoms with Gasteiger partial charge in [-0.05, 0) is 67.1 Å². The molecular weight excluding hydrogens is 410 g/mol. The van der Waals surface area contributed by atoms with Gasteiger partial charge in [0.15, 0.2) is 0 Å². The van der Waals surface area contributed by atoms with Crippen molar-refractivity contribution < 1.29 is 9.59 Å². The van der Waals surface area contributed by atoms with E-state index in [4.69, 9.17) is 0 Å². The van der Waals surface area contributed by atoms with Crippen molar-refractivity contribution in [1.82, 2.24) is 4.90 Å². The number of benzene rings is 3. The van der Waals surface area contributed by atoms with Crippen LogP contribution in [0.2, 0.25) is 0 Å². The Labute approximate surface area is 185 Å². The number of carbonyl (C=O) groups excluding carboxylic acids is 2. The number of aryl methyl sites for hydroxylation is 2. The molecule has 0 saturated carbocycles. The van der Waals surface area contributed by atoms with Crippen molar-refractivity contribution in [2.24, 2.45) is 0 Å². The van der Waals surface area contributed by atoms with Gasteiger partial charge < -0.3 is 0 Å². The van der Waals surface area contributed by atoms with Gasteiger partial charge in [-0.15, -0.1) is 0 Å². The number of nitrogens with zero attached hydrogens (tertiary/aromatic N) is 1. The summed E-state index contributed by atoms with van der Waals surface area (Å²) in [6.07, 6.45) is 1.79. The molecule has 1 heterocycles. The Morgan fingerprint density at radius 1 is 0.800 bits per heavy atom. The first-order valence-electron chi connectivity index (χ1n) is 9.63. The van der Waals surface area contributed by atoms with Crippen LogP contribution in [0.4, 0.5) is 4.79 Å². The van der Waals surface area contributed by atoms with Gasteiger partial charge in [-0.3, -0.25) is 14.5 Å². The first-order valence-corrected chi connectivity index (χ1v) is 11.3. The van der Waals surface area contributed by atoms with Gasteiger partial charge in [-0.1, -0.05) is 71.4 Å². The first-order chi connectivity index (χ1) is 14.5. The molecule has 150 valence electrons. The minimum Gasteiger partial charge on any atom is -0.268 e. The van der Waals surface area contributed by atoms with Crippen molar-refractivity contribution in [2.45, 2.75) is 30.2 Å². The smallest absolute Gasteiger partial charge is 0.268 e. The molecule has 0 unspecified atom stereocenters. The molecule has 3 aromatic rings. The summed E-state index contributed by atoms with van der Waals surface area (Å²) in [5, 5.41) is -0.224. The van der Waals surface area contributed by atoms with Gasteiger partial charge in [-0.25, -0.2) is 0 Å². The molecule has 1 fully saturated rings. The fraction of sp³-hybridized carbons (Fsp3) is 0.120. The van der Waals surface area contributed by atoms with Gasteiger partial charge in [0.1, 0.15) is 0 Å². The number of carbonyl (C=O) groups is 2. The van der Waals surface area contributed by atoms with E-state index in [0.717, 1.165) is 33.3 Å². The van der Waals surface area contributed by atoms with Crippen molar-refractivity contribution in [1.29, 1.82) is 0 Å². The molecular formula is C25H21NO2S2. The zero-order chi connectivity index (χ0) is 21.1. The summed E-state index contributed by atoms with van der Waals surface area (Å²) in [5.41, 5.74) is 4.24. The van der Waals surface area contributed by atoms with Crippen LogP contribution < -0.4 is 0 Å². The van der Waals surface area contributed by atoms with Gasteiger partial charge in [0.2, 0.25) is 0 Å². The minimum absolute atomic E-state index is 0.224. The van der Waals surface area contributed by atoms with E-state index < -0.39 is 0 Å². The lowest BCUT2D eigenvalue weighted by molar-refractivity contribution is -0.123. The van der Waals surface area contributed by atoms with Crippen LogP contribution in [0.3, 0.4) is 0 Å². The third-order valence-electron chi connectivity index (χ3n) is 4.77. The predicted molar refractivity (Wildman–Crippen MR) is 124 cm³/mol. The number of rotatable bonds is 5. The number of amides is 2. The molecule has 0 N–H and O–H groups in total. The van der Waals surface area contributed by atoms with Crippen LogP contribution in [-0.2, 0) is 11.3 Å². The van der Waals surface area contributed by atoms with E-state index in [2.05, 4.69) is 31.2 Å². The van der Waals surface area contributed by atoms with Gasteiger partial charge in [0.25, 0.3) is 11.1 Å². The number of imide groups is 1. The average Bonchev–Trinajstić information content (AvgIpc) is 3.00. The second-order valence-electron chi connectivity index (χ2n) is 7.24. The third-order valence-corrected chi connectivity index (χ3v) is 6.69. The van der Waals surface area contributed by atoms with Gasteiger partial charge in [-0.2, -0.15) is 0 Å². The quantitative estimate of drug-likeness (QED) is 0.422. The number of hydrogen-bond donors (Lipinski definition) is 0. The SMILES string of the molecule is Cc1ccc(CN2C(=O)S/C(=C\c3ccc(Sc4ccc(C)cc4)cc3)C2=O)cc1. The Bertz CT molecular complexity index is 1100. The summed E-state index contributed by atoms with van der Waals surface area (Å²) in [6, 6.07) is 24.3. The zero-order valence-electron chi connectivity index (χ0n) is 16.8.